The number of unbranched alkanes of at least 4 members (excludes halogenated alkanes) is 2. The molecule has 0 aliphatic heterocycles. The van der Waals surface area contributed by atoms with Crippen molar-refractivity contribution in [2.45, 2.75) is 53.0 Å². The predicted octanol–water partition coefficient (Wildman–Crippen LogP) is 1.94. The normalized spacial score (nSPS) is 12.0. The molecule has 1 rings (SSSR count). The summed E-state index contributed by atoms with van der Waals surface area (Å²) in [5.74, 6) is 0.0627. The van der Waals surface area contributed by atoms with Gasteiger partial charge in [0.25, 0.3) is 0 Å². The van der Waals surface area contributed by atoms with Crippen molar-refractivity contribution in [1.29, 1.82) is 0 Å². The molecule has 1 aromatic heterocycles. The number of hydrogen-bond acceptors (Lipinski definition) is 4. The molecule has 0 unspecified atom stereocenters. The van der Waals surface area contributed by atoms with Gasteiger partial charge in [-0.25, -0.2) is 0 Å². The highest BCUT2D eigenvalue weighted by Gasteiger charge is 2.23. The summed E-state index contributed by atoms with van der Waals surface area (Å²) >= 11 is 0. The molecule has 134 valence electrons. The van der Waals surface area contributed by atoms with E-state index >= 15 is 0 Å². The Morgan fingerprint density at radius 3 is 2.48 bits per heavy atom. The number of rotatable bonds is 12. The maximum absolute atomic E-state index is 12.2. The van der Waals surface area contributed by atoms with Crippen molar-refractivity contribution in [2.75, 3.05) is 25.4 Å². The first kappa shape index (κ1) is 20.0. The molecular formula is C16H32N3O3S+. The average Bonchev–Trinajstić information content (AvgIpc) is 2.85. The molecule has 0 aliphatic rings. The van der Waals surface area contributed by atoms with Crippen LogP contribution >= 0.6 is 0 Å². The van der Waals surface area contributed by atoms with Crippen molar-refractivity contribution < 1.29 is 17.2 Å². The topological polar surface area (TPSA) is 55.4 Å². The van der Waals surface area contributed by atoms with E-state index in [1.807, 2.05) is 17.0 Å². The van der Waals surface area contributed by atoms with Gasteiger partial charge < -0.3 is 9.08 Å². The zero-order chi connectivity index (χ0) is 17.3. The van der Waals surface area contributed by atoms with Gasteiger partial charge in [-0.15, -0.1) is 0 Å². The lowest BCUT2D eigenvalue weighted by Crippen LogP contribution is -2.32. The fourth-order valence-corrected chi connectivity index (χ4v) is 3.51. The molecule has 0 amide bonds. The molecule has 6 nitrogen and oxygen atoms in total. The highest BCUT2D eigenvalue weighted by atomic mass is 32.2. The Morgan fingerprint density at radius 2 is 1.87 bits per heavy atom. The standard InChI is InChI=1S/C16H32N3O3S/c1-5-8-12-19-14-13-17(4)16(19)22-23(20,21)15-10-9-11-18(6-2)7-3/h13-14H,5-12,15H2,1-4H3/q+1. The number of aromatic nitrogens is 2. The summed E-state index contributed by atoms with van der Waals surface area (Å²) < 4.78 is 33.3. The molecule has 0 saturated heterocycles. The Labute approximate surface area is 141 Å². The van der Waals surface area contributed by atoms with Crippen LogP contribution in [0.5, 0.6) is 6.01 Å². The van der Waals surface area contributed by atoms with Gasteiger partial charge in [-0.05, 0) is 38.9 Å². The van der Waals surface area contributed by atoms with Crippen molar-refractivity contribution in [3.8, 4) is 6.01 Å². The molecule has 1 aromatic rings. The van der Waals surface area contributed by atoms with E-state index in [2.05, 4.69) is 25.7 Å². The van der Waals surface area contributed by atoms with Gasteiger partial charge >= 0.3 is 16.1 Å². The van der Waals surface area contributed by atoms with Gasteiger partial charge in [0.2, 0.25) is 0 Å². The van der Waals surface area contributed by atoms with E-state index in [1.165, 1.54) is 0 Å². The predicted molar refractivity (Wildman–Crippen MR) is 92.0 cm³/mol. The lowest BCUT2D eigenvalue weighted by atomic mass is 10.3. The second-order valence-electron chi connectivity index (χ2n) is 5.82. The van der Waals surface area contributed by atoms with Crippen LogP contribution < -0.4 is 8.75 Å². The van der Waals surface area contributed by atoms with E-state index in [9.17, 15) is 8.42 Å². The number of hydrogen-bond donors (Lipinski definition) is 0. The quantitative estimate of drug-likeness (QED) is 0.330. The summed E-state index contributed by atoms with van der Waals surface area (Å²) in [7, 11) is -1.75. The van der Waals surface area contributed by atoms with E-state index in [-0.39, 0.29) is 5.75 Å². The molecule has 23 heavy (non-hydrogen) atoms. The van der Waals surface area contributed by atoms with Crippen LogP contribution in [0.25, 0.3) is 0 Å². The first-order valence-electron chi connectivity index (χ1n) is 8.62. The van der Waals surface area contributed by atoms with E-state index in [4.69, 9.17) is 4.18 Å². The third-order valence-corrected chi connectivity index (χ3v) is 5.18. The van der Waals surface area contributed by atoms with E-state index in [1.54, 1.807) is 11.6 Å². The van der Waals surface area contributed by atoms with Crippen LogP contribution in [0.1, 0.15) is 46.5 Å². The summed E-state index contributed by atoms with van der Waals surface area (Å²) in [5.41, 5.74) is 0. The Morgan fingerprint density at radius 1 is 1.17 bits per heavy atom. The zero-order valence-electron chi connectivity index (χ0n) is 15.0. The Kier molecular flexibility index (Phi) is 8.62. The fraction of sp³-hybridized carbons (Fsp3) is 0.812. The molecular weight excluding hydrogens is 314 g/mol. The minimum atomic E-state index is -3.55. The smallest absolute Gasteiger partial charge is 0.308 e. The molecule has 0 saturated carbocycles. The van der Waals surface area contributed by atoms with Gasteiger partial charge in [-0.3, -0.25) is 0 Å². The van der Waals surface area contributed by atoms with Crippen molar-refractivity contribution in [2.24, 2.45) is 7.05 Å². The molecule has 0 fully saturated rings. The first-order chi connectivity index (χ1) is 10.9. The molecule has 7 heteroatoms. The number of nitrogens with zero attached hydrogens (tertiary/aromatic N) is 3. The Balaban J connectivity index is 2.53. The van der Waals surface area contributed by atoms with Gasteiger partial charge in [0.1, 0.15) is 12.4 Å². The SMILES string of the molecule is CCCCn1cc[n+](C)c1OS(=O)(=O)CCCCN(CC)CC. The summed E-state index contributed by atoms with van der Waals surface area (Å²) in [6.45, 7) is 10.0. The summed E-state index contributed by atoms with van der Waals surface area (Å²) in [6.07, 6.45) is 7.22. The maximum atomic E-state index is 12.2. The molecule has 0 aromatic carbocycles. The molecule has 0 spiro atoms. The van der Waals surface area contributed by atoms with E-state index < -0.39 is 10.1 Å². The average molecular weight is 347 g/mol. The fourth-order valence-electron chi connectivity index (χ4n) is 2.43. The third-order valence-electron chi connectivity index (χ3n) is 3.98. The van der Waals surface area contributed by atoms with Crippen LogP contribution in [0.3, 0.4) is 0 Å². The molecule has 0 atom stereocenters. The lowest BCUT2D eigenvalue weighted by Gasteiger charge is -2.17. The monoisotopic (exact) mass is 346 g/mol. The highest BCUT2D eigenvalue weighted by molar-refractivity contribution is 7.87. The molecule has 0 N–H and O–H groups in total. The number of aryl methyl sites for hydroxylation is 2. The van der Waals surface area contributed by atoms with Crippen LogP contribution in [0, 0.1) is 0 Å². The van der Waals surface area contributed by atoms with Gasteiger partial charge in [0.05, 0.1) is 19.3 Å². The van der Waals surface area contributed by atoms with Crippen molar-refractivity contribution in [3.63, 3.8) is 0 Å². The van der Waals surface area contributed by atoms with Crippen molar-refractivity contribution in [3.05, 3.63) is 12.4 Å². The lowest BCUT2D eigenvalue weighted by molar-refractivity contribution is -0.674. The minimum absolute atomic E-state index is 0.0627. The van der Waals surface area contributed by atoms with Gasteiger partial charge in [-0.1, -0.05) is 27.2 Å². The zero-order valence-corrected chi connectivity index (χ0v) is 15.8. The van der Waals surface area contributed by atoms with Crippen molar-refractivity contribution in [1.82, 2.24) is 9.47 Å². The second kappa shape index (κ2) is 9.93. The largest absolute Gasteiger partial charge is 0.471 e. The molecule has 0 aliphatic carbocycles. The molecule has 0 bridgehead atoms. The third kappa shape index (κ3) is 6.91. The van der Waals surface area contributed by atoms with Gasteiger partial charge in [0, 0.05) is 0 Å². The molecule has 1 heterocycles. The van der Waals surface area contributed by atoms with E-state index in [0.29, 0.717) is 12.4 Å². The van der Waals surface area contributed by atoms with Crippen LogP contribution in [0.4, 0.5) is 0 Å². The van der Waals surface area contributed by atoms with Crippen LogP contribution in [-0.4, -0.2) is 43.3 Å². The number of imidazole rings is 1. The Hall–Kier alpha value is -1.08. The highest BCUT2D eigenvalue weighted by Crippen LogP contribution is 2.11. The maximum Gasteiger partial charge on any atom is 0.471 e. The van der Waals surface area contributed by atoms with Crippen LogP contribution in [0.15, 0.2) is 12.4 Å². The van der Waals surface area contributed by atoms with Gasteiger partial charge in [0.15, 0.2) is 0 Å². The van der Waals surface area contributed by atoms with Gasteiger partial charge in [-0.2, -0.15) is 17.6 Å². The Bertz CT molecular complexity index is 551. The minimum Gasteiger partial charge on any atom is -0.308 e. The first-order valence-corrected chi connectivity index (χ1v) is 10.2. The summed E-state index contributed by atoms with van der Waals surface area (Å²) in [6, 6.07) is 0.391. The van der Waals surface area contributed by atoms with E-state index in [0.717, 1.165) is 45.4 Å². The van der Waals surface area contributed by atoms with Crippen LogP contribution in [-0.2, 0) is 23.7 Å². The van der Waals surface area contributed by atoms with Crippen LogP contribution in [0.2, 0.25) is 0 Å². The van der Waals surface area contributed by atoms with Crippen molar-refractivity contribution >= 4 is 10.1 Å². The second-order valence-corrected chi connectivity index (χ2v) is 7.51. The summed E-state index contributed by atoms with van der Waals surface area (Å²) in [4.78, 5) is 2.30. The molecule has 0 radical (unpaired) electrons. The summed E-state index contributed by atoms with van der Waals surface area (Å²) in [5, 5.41) is 0.